The maximum atomic E-state index is 5.89. The second-order valence-electron chi connectivity index (χ2n) is 4.80. The second kappa shape index (κ2) is 7.79. The molecule has 0 radical (unpaired) electrons. The van der Waals surface area contributed by atoms with Gasteiger partial charge in [0.2, 0.25) is 5.13 Å². The summed E-state index contributed by atoms with van der Waals surface area (Å²) in [4.78, 5) is 3.93. The molecule has 0 aliphatic carbocycles. The van der Waals surface area contributed by atoms with Crippen LogP contribution in [-0.4, -0.2) is 34.4 Å². The summed E-state index contributed by atoms with van der Waals surface area (Å²) in [5.74, 6) is 0.725. The van der Waals surface area contributed by atoms with Crippen molar-refractivity contribution < 1.29 is 4.74 Å². The van der Waals surface area contributed by atoms with Gasteiger partial charge in [0.15, 0.2) is 4.34 Å². The molecule has 1 N–H and O–H groups in total. The SMILES string of the molecule is Clc1cc(CSc2nnc(NCC3CCCO3)s2)cc(Cl)n1. The van der Waals surface area contributed by atoms with Gasteiger partial charge in [-0.15, -0.1) is 10.2 Å². The van der Waals surface area contributed by atoms with Gasteiger partial charge in [0.25, 0.3) is 0 Å². The van der Waals surface area contributed by atoms with E-state index in [2.05, 4.69) is 20.5 Å². The third-order valence-corrected chi connectivity index (χ3v) is 5.57. The minimum Gasteiger partial charge on any atom is -0.376 e. The molecule has 5 nitrogen and oxygen atoms in total. The lowest BCUT2D eigenvalue weighted by Gasteiger charge is -2.08. The van der Waals surface area contributed by atoms with Gasteiger partial charge < -0.3 is 10.1 Å². The highest BCUT2D eigenvalue weighted by atomic mass is 35.5. The minimum absolute atomic E-state index is 0.293. The van der Waals surface area contributed by atoms with Crippen LogP contribution in [-0.2, 0) is 10.5 Å². The molecule has 1 aliphatic heterocycles. The fourth-order valence-corrected chi connectivity index (χ4v) is 4.28. The lowest BCUT2D eigenvalue weighted by molar-refractivity contribution is 0.120. The number of anilines is 1. The molecular formula is C13H14Cl2N4OS2. The molecule has 22 heavy (non-hydrogen) atoms. The summed E-state index contributed by atoms with van der Waals surface area (Å²) in [6.45, 7) is 1.65. The molecule has 0 aromatic carbocycles. The number of aromatic nitrogens is 3. The Morgan fingerprint density at radius 2 is 2.14 bits per heavy atom. The Bertz CT molecular complexity index is 614. The van der Waals surface area contributed by atoms with E-state index in [0.717, 1.165) is 46.8 Å². The predicted octanol–water partition coefficient (Wildman–Crippen LogP) is 4.12. The van der Waals surface area contributed by atoms with Crippen LogP contribution in [0.15, 0.2) is 16.5 Å². The number of pyridine rings is 1. The number of nitrogens with zero attached hydrogens (tertiary/aromatic N) is 3. The molecule has 0 amide bonds. The first-order chi connectivity index (χ1) is 10.7. The van der Waals surface area contributed by atoms with Crippen molar-refractivity contribution in [1.82, 2.24) is 15.2 Å². The van der Waals surface area contributed by atoms with E-state index in [0.29, 0.717) is 16.4 Å². The van der Waals surface area contributed by atoms with Gasteiger partial charge in [0.05, 0.1) is 6.10 Å². The van der Waals surface area contributed by atoms with Crippen molar-refractivity contribution in [1.29, 1.82) is 0 Å². The Kier molecular flexibility index (Phi) is 5.76. The average Bonchev–Trinajstić information content (AvgIpc) is 3.13. The van der Waals surface area contributed by atoms with E-state index >= 15 is 0 Å². The van der Waals surface area contributed by atoms with Crippen molar-refractivity contribution in [3.8, 4) is 0 Å². The quantitative estimate of drug-likeness (QED) is 0.604. The van der Waals surface area contributed by atoms with Crippen LogP contribution in [0.2, 0.25) is 10.3 Å². The van der Waals surface area contributed by atoms with Gasteiger partial charge >= 0.3 is 0 Å². The van der Waals surface area contributed by atoms with Crippen molar-refractivity contribution >= 4 is 51.4 Å². The molecule has 1 aliphatic rings. The first kappa shape index (κ1) is 16.3. The van der Waals surface area contributed by atoms with E-state index in [1.54, 1.807) is 23.9 Å². The number of thioether (sulfide) groups is 1. The van der Waals surface area contributed by atoms with Crippen molar-refractivity contribution in [3.05, 3.63) is 28.0 Å². The summed E-state index contributed by atoms with van der Waals surface area (Å²) >= 11 is 14.9. The molecule has 118 valence electrons. The Morgan fingerprint density at radius 3 is 2.86 bits per heavy atom. The van der Waals surface area contributed by atoms with Crippen LogP contribution in [0.3, 0.4) is 0 Å². The van der Waals surface area contributed by atoms with Gasteiger partial charge in [-0.05, 0) is 30.5 Å². The van der Waals surface area contributed by atoms with Gasteiger partial charge in [0, 0.05) is 18.9 Å². The van der Waals surface area contributed by atoms with Crippen molar-refractivity contribution in [2.45, 2.75) is 29.0 Å². The van der Waals surface area contributed by atoms with Crippen molar-refractivity contribution in [2.75, 3.05) is 18.5 Å². The molecule has 1 atom stereocenters. The van der Waals surface area contributed by atoms with Crippen LogP contribution >= 0.6 is 46.3 Å². The third-order valence-electron chi connectivity index (χ3n) is 3.10. The standard InChI is InChI=1S/C13H14Cl2N4OS2/c14-10-4-8(5-11(15)17-10)7-21-13-19-18-12(22-13)16-6-9-2-1-3-20-9/h4-5,9H,1-3,6-7H2,(H,16,18). The molecule has 3 rings (SSSR count). The van der Waals surface area contributed by atoms with Crippen LogP contribution in [0.4, 0.5) is 5.13 Å². The van der Waals surface area contributed by atoms with Crippen LogP contribution < -0.4 is 5.32 Å². The van der Waals surface area contributed by atoms with Crippen LogP contribution in [0.25, 0.3) is 0 Å². The molecule has 1 saturated heterocycles. The van der Waals surface area contributed by atoms with Crippen LogP contribution in [0.5, 0.6) is 0 Å². The Labute approximate surface area is 146 Å². The fraction of sp³-hybridized carbons (Fsp3) is 0.462. The maximum absolute atomic E-state index is 5.89. The summed E-state index contributed by atoms with van der Waals surface area (Å²) < 4.78 is 6.47. The highest BCUT2D eigenvalue weighted by Crippen LogP contribution is 2.29. The lowest BCUT2D eigenvalue weighted by atomic mass is 10.2. The lowest BCUT2D eigenvalue weighted by Crippen LogP contribution is -2.18. The van der Waals surface area contributed by atoms with E-state index in [1.807, 2.05) is 0 Å². The average molecular weight is 377 g/mol. The number of hydrogen-bond donors (Lipinski definition) is 1. The number of hydrogen-bond acceptors (Lipinski definition) is 7. The summed E-state index contributed by atoms with van der Waals surface area (Å²) in [6, 6.07) is 3.61. The highest BCUT2D eigenvalue weighted by Gasteiger charge is 2.15. The molecule has 2 aromatic rings. The maximum Gasteiger partial charge on any atom is 0.206 e. The Hall–Kier alpha value is -0.600. The van der Waals surface area contributed by atoms with Crippen molar-refractivity contribution in [3.63, 3.8) is 0 Å². The molecule has 0 saturated carbocycles. The number of rotatable bonds is 6. The Morgan fingerprint density at radius 1 is 1.32 bits per heavy atom. The minimum atomic E-state index is 0.293. The monoisotopic (exact) mass is 376 g/mol. The molecule has 2 aromatic heterocycles. The molecule has 0 bridgehead atoms. The van der Waals surface area contributed by atoms with Crippen LogP contribution in [0.1, 0.15) is 18.4 Å². The van der Waals surface area contributed by atoms with Crippen molar-refractivity contribution in [2.24, 2.45) is 0 Å². The summed E-state index contributed by atoms with van der Waals surface area (Å²) in [7, 11) is 0. The fourth-order valence-electron chi connectivity index (χ4n) is 2.09. The topological polar surface area (TPSA) is 59.9 Å². The smallest absolute Gasteiger partial charge is 0.206 e. The summed E-state index contributed by atoms with van der Waals surface area (Å²) in [6.07, 6.45) is 2.54. The molecule has 1 unspecified atom stereocenters. The molecular weight excluding hydrogens is 363 g/mol. The largest absolute Gasteiger partial charge is 0.376 e. The van der Waals surface area contributed by atoms with E-state index in [-0.39, 0.29) is 0 Å². The first-order valence-electron chi connectivity index (χ1n) is 6.83. The zero-order chi connectivity index (χ0) is 15.4. The van der Waals surface area contributed by atoms with E-state index in [1.165, 1.54) is 11.3 Å². The van der Waals surface area contributed by atoms with E-state index in [9.17, 15) is 0 Å². The molecule has 9 heteroatoms. The van der Waals surface area contributed by atoms with E-state index < -0.39 is 0 Å². The summed E-state index contributed by atoms with van der Waals surface area (Å²) in [5, 5.41) is 13.2. The molecule has 0 spiro atoms. The zero-order valence-electron chi connectivity index (χ0n) is 11.6. The predicted molar refractivity (Wildman–Crippen MR) is 91.2 cm³/mol. The number of ether oxygens (including phenoxy) is 1. The number of nitrogens with one attached hydrogen (secondary N) is 1. The summed E-state index contributed by atoms with van der Waals surface area (Å²) in [5.41, 5.74) is 1.01. The second-order valence-corrected chi connectivity index (χ2v) is 7.77. The molecule has 3 heterocycles. The van der Waals surface area contributed by atoms with Gasteiger partial charge in [-0.1, -0.05) is 46.3 Å². The number of halogens is 2. The third kappa shape index (κ3) is 4.70. The highest BCUT2D eigenvalue weighted by molar-refractivity contribution is 8.00. The molecule has 1 fully saturated rings. The zero-order valence-corrected chi connectivity index (χ0v) is 14.7. The van der Waals surface area contributed by atoms with Gasteiger partial charge in [0.1, 0.15) is 10.3 Å². The van der Waals surface area contributed by atoms with Gasteiger partial charge in [-0.25, -0.2) is 4.98 Å². The Balaban J connectivity index is 1.50. The van der Waals surface area contributed by atoms with Gasteiger partial charge in [-0.2, -0.15) is 0 Å². The van der Waals surface area contributed by atoms with Crippen LogP contribution in [0, 0.1) is 0 Å². The van der Waals surface area contributed by atoms with E-state index in [4.69, 9.17) is 27.9 Å². The normalized spacial score (nSPS) is 17.8. The van der Waals surface area contributed by atoms with Gasteiger partial charge in [-0.3, -0.25) is 0 Å². The first-order valence-corrected chi connectivity index (χ1v) is 9.38.